The molecule has 2 aromatic rings. The van der Waals surface area contributed by atoms with Crippen molar-refractivity contribution in [1.82, 2.24) is 4.90 Å². The van der Waals surface area contributed by atoms with E-state index in [2.05, 4.69) is 24.5 Å². The van der Waals surface area contributed by atoms with Gasteiger partial charge >= 0.3 is 0 Å². The predicted octanol–water partition coefficient (Wildman–Crippen LogP) is 4.14. The van der Waals surface area contributed by atoms with Gasteiger partial charge in [-0.1, -0.05) is 32.8 Å². The molecule has 2 N–H and O–H groups in total. The molecule has 0 radical (unpaired) electrons. The third-order valence-corrected chi connectivity index (χ3v) is 6.73. The van der Waals surface area contributed by atoms with Gasteiger partial charge in [0, 0.05) is 30.4 Å². The molecule has 4 atom stereocenters. The van der Waals surface area contributed by atoms with Crippen molar-refractivity contribution in [3.05, 3.63) is 48.4 Å². The van der Waals surface area contributed by atoms with E-state index in [1.165, 1.54) is 12.7 Å². The maximum absolute atomic E-state index is 12.9. The lowest BCUT2D eigenvalue weighted by Crippen LogP contribution is -2.45. The molecule has 2 fully saturated rings. The standard InChI is InChI=1S/C24H29N3O4/c1-15-6-3-9-20(16(15)2)27-14-17(12-22(27)28)23(29)25-18-7-4-8-19(13-18)26-24(30)21-10-5-11-31-21/h4-5,7-8,10-11,13,15-17,20H,3,6,9,12,14H2,1-2H3,(H,25,29)(H,26,30)/t15-,16+,17-,20+/m1/s1. The van der Waals surface area contributed by atoms with Gasteiger partial charge in [-0.25, -0.2) is 0 Å². The van der Waals surface area contributed by atoms with Gasteiger partial charge in [0.05, 0.1) is 12.2 Å². The Morgan fingerprint density at radius 1 is 1.06 bits per heavy atom. The Morgan fingerprint density at radius 2 is 1.84 bits per heavy atom. The summed E-state index contributed by atoms with van der Waals surface area (Å²) in [5.41, 5.74) is 1.13. The second-order valence-electron chi connectivity index (χ2n) is 8.78. The first-order valence-corrected chi connectivity index (χ1v) is 11.0. The number of furan rings is 1. The smallest absolute Gasteiger partial charge is 0.291 e. The quantitative estimate of drug-likeness (QED) is 0.756. The molecule has 1 aromatic heterocycles. The van der Waals surface area contributed by atoms with E-state index in [0.717, 1.165) is 12.8 Å². The maximum Gasteiger partial charge on any atom is 0.291 e. The Morgan fingerprint density at radius 3 is 2.58 bits per heavy atom. The third kappa shape index (κ3) is 4.65. The molecule has 7 nitrogen and oxygen atoms in total. The van der Waals surface area contributed by atoms with Gasteiger partial charge in [-0.15, -0.1) is 0 Å². The van der Waals surface area contributed by atoms with Gasteiger partial charge in [0.1, 0.15) is 0 Å². The molecule has 2 heterocycles. The Balaban J connectivity index is 1.37. The van der Waals surface area contributed by atoms with Crippen molar-refractivity contribution in [2.45, 2.75) is 45.6 Å². The Hall–Kier alpha value is -3.09. The van der Waals surface area contributed by atoms with E-state index in [-0.39, 0.29) is 41.9 Å². The molecule has 1 saturated heterocycles. The van der Waals surface area contributed by atoms with Crippen molar-refractivity contribution in [1.29, 1.82) is 0 Å². The molecule has 31 heavy (non-hydrogen) atoms. The van der Waals surface area contributed by atoms with Crippen LogP contribution in [0.25, 0.3) is 0 Å². The van der Waals surface area contributed by atoms with E-state index in [4.69, 9.17) is 4.42 Å². The molecule has 1 saturated carbocycles. The molecule has 1 aromatic carbocycles. The first kappa shape index (κ1) is 21.2. The highest BCUT2D eigenvalue weighted by Crippen LogP contribution is 2.36. The summed E-state index contributed by atoms with van der Waals surface area (Å²) in [6.07, 6.45) is 5.04. The zero-order valence-electron chi connectivity index (χ0n) is 18.0. The first-order valence-electron chi connectivity index (χ1n) is 11.0. The van der Waals surface area contributed by atoms with Crippen molar-refractivity contribution >= 4 is 29.1 Å². The fourth-order valence-electron chi connectivity index (χ4n) is 4.74. The zero-order valence-corrected chi connectivity index (χ0v) is 18.0. The van der Waals surface area contributed by atoms with Gasteiger partial charge < -0.3 is 20.0 Å². The largest absolute Gasteiger partial charge is 0.459 e. The fourth-order valence-corrected chi connectivity index (χ4v) is 4.74. The van der Waals surface area contributed by atoms with E-state index in [1.54, 1.807) is 36.4 Å². The Bertz CT molecular complexity index is 955. The third-order valence-electron chi connectivity index (χ3n) is 6.73. The monoisotopic (exact) mass is 423 g/mol. The normalized spacial score (nSPS) is 26.0. The van der Waals surface area contributed by atoms with Crippen molar-refractivity contribution in [3.63, 3.8) is 0 Å². The number of hydrogen-bond acceptors (Lipinski definition) is 4. The van der Waals surface area contributed by atoms with Gasteiger partial charge in [0.15, 0.2) is 5.76 Å². The molecule has 1 aliphatic heterocycles. The highest BCUT2D eigenvalue weighted by atomic mass is 16.3. The van der Waals surface area contributed by atoms with Gasteiger partial charge in [-0.3, -0.25) is 14.4 Å². The Labute approximate surface area is 182 Å². The first-order chi connectivity index (χ1) is 14.9. The number of rotatable bonds is 5. The van der Waals surface area contributed by atoms with Gasteiger partial charge in [0.2, 0.25) is 11.8 Å². The van der Waals surface area contributed by atoms with Crippen molar-refractivity contribution in [2.24, 2.45) is 17.8 Å². The number of likely N-dealkylation sites (tertiary alicyclic amines) is 1. The summed E-state index contributed by atoms with van der Waals surface area (Å²) in [5.74, 6) is 0.449. The van der Waals surface area contributed by atoms with Crippen LogP contribution in [0.15, 0.2) is 47.1 Å². The highest BCUT2D eigenvalue weighted by Gasteiger charge is 2.41. The minimum atomic E-state index is -0.363. The van der Waals surface area contributed by atoms with Gasteiger partial charge in [0.25, 0.3) is 5.91 Å². The minimum Gasteiger partial charge on any atom is -0.459 e. The molecule has 0 spiro atoms. The number of nitrogens with one attached hydrogen (secondary N) is 2. The van der Waals surface area contributed by atoms with E-state index in [9.17, 15) is 14.4 Å². The lowest BCUT2D eigenvalue weighted by molar-refractivity contribution is -0.131. The van der Waals surface area contributed by atoms with Gasteiger partial charge in [-0.2, -0.15) is 0 Å². The van der Waals surface area contributed by atoms with Crippen molar-refractivity contribution in [3.8, 4) is 0 Å². The molecular formula is C24H29N3O4. The number of benzene rings is 1. The number of hydrogen-bond donors (Lipinski definition) is 2. The summed E-state index contributed by atoms with van der Waals surface area (Å²) in [4.78, 5) is 39.6. The molecule has 2 aliphatic rings. The summed E-state index contributed by atoms with van der Waals surface area (Å²) in [7, 11) is 0. The number of carbonyl (C=O) groups excluding carboxylic acids is 3. The number of carbonyl (C=O) groups is 3. The molecule has 0 bridgehead atoms. The van der Waals surface area contributed by atoms with Crippen LogP contribution in [-0.4, -0.2) is 35.2 Å². The van der Waals surface area contributed by atoms with Crippen LogP contribution in [0, 0.1) is 17.8 Å². The van der Waals surface area contributed by atoms with Gasteiger partial charge in [-0.05, 0) is 48.6 Å². The van der Waals surface area contributed by atoms with Crippen molar-refractivity contribution < 1.29 is 18.8 Å². The second-order valence-corrected chi connectivity index (χ2v) is 8.78. The zero-order chi connectivity index (χ0) is 22.0. The van der Waals surface area contributed by atoms with Crippen LogP contribution in [0.3, 0.4) is 0 Å². The predicted molar refractivity (Wildman–Crippen MR) is 118 cm³/mol. The van der Waals surface area contributed by atoms with E-state index >= 15 is 0 Å². The molecule has 164 valence electrons. The molecule has 0 unspecified atom stereocenters. The van der Waals surface area contributed by atoms with Crippen LogP contribution in [0.5, 0.6) is 0 Å². The van der Waals surface area contributed by atoms with Crippen LogP contribution in [0.1, 0.15) is 50.1 Å². The topological polar surface area (TPSA) is 91.7 Å². The van der Waals surface area contributed by atoms with Crippen LogP contribution in [0.2, 0.25) is 0 Å². The lowest BCUT2D eigenvalue weighted by atomic mass is 9.77. The molecule has 1 aliphatic carbocycles. The lowest BCUT2D eigenvalue weighted by Gasteiger charge is -2.40. The average Bonchev–Trinajstić information content (AvgIpc) is 3.41. The van der Waals surface area contributed by atoms with E-state index in [1.807, 2.05) is 4.90 Å². The maximum atomic E-state index is 12.9. The molecule has 4 rings (SSSR count). The summed E-state index contributed by atoms with van der Waals surface area (Å²) < 4.78 is 5.10. The molecule has 3 amide bonds. The molecule has 7 heteroatoms. The fraction of sp³-hybridized carbons (Fsp3) is 0.458. The minimum absolute atomic E-state index is 0.0746. The van der Waals surface area contributed by atoms with Crippen molar-refractivity contribution in [2.75, 3.05) is 17.2 Å². The van der Waals surface area contributed by atoms with E-state index in [0.29, 0.717) is 29.8 Å². The number of nitrogens with zero attached hydrogens (tertiary/aromatic N) is 1. The van der Waals surface area contributed by atoms with Crippen LogP contribution in [-0.2, 0) is 9.59 Å². The Kier molecular flexibility index (Phi) is 6.11. The second kappa shape index (κ2) is 8.96. The average molecular weight is 424 g/mol. The van der Waals surface area contributed by atoms with Crippen LogP contribution >= 0.6 is 0 Å². The number of amides is 3. The molecular weight excluding hydrogens is 394 g/mol. The summed E-state index contributed by atoms with van der Waals surface area (Å²) in [6.45, 7) is 4.94. The van der Waals surface area contributed by atoms with E-state index < -0.39 is 0 Å². The SMILES string of the molecule is C[C@H]1[C@H](C)CCC[C@@H]1N1C[C@H](C(=O)Nc2cccc(NC(=O)c3ccco3)c2)CC1=O. The summed E-state index contributed by atoms with van der Waals surface area (Å²) in [6, 6.07) is 10.4. The highest BCUT2D eigenvalue weighted by molar-refractivity contribution is 6.03. The summed E-state index contributed by atoms with van der Waals surface area (Å²) >= 11 is 0. The summed E-state index contributed by atoms with van der Waals surface area (Å²) in [5, 5.41) is 5.65. The van der Waals surface area contributed by atoms with Crippen LogP contribution in [0.4, 0.5) is 11.4 Å². The number of anilines is 2. The van der Waals surface area contributed by atoms with Crippen LogP contribution < -0.4 is 10.6 Å².